The molecule has 8 rings (SSSR count). The van der Waals surface area contributed by atoms with Gasteiger partial charge in [0.05, 0.1) is 69.9 Å². The van der Waals surface area contributed by atoms with E-state index in [2.05, 4.69) is 9.97 Å². The Kier molecular flexibility index (Phi) is 14.4. The number of halogens is 14. The van der Waals surface area contributed by atoms with Gasteiger partial charge in [0.15, 0.2) is 0 Å². The zero-order valence-electron chi connectivity index (χ0n) is 35.8. The van der Waals surface area contributed by atoms with Crippen molar-refractivity contribution in [2.24, 2.45) is 0 Å². The molecule has 2 aliphatic carbocycles. The summed E-state index contributed by atoms with van der Waals surface area (Å²) in [6.45, 7) is 2.84. The number of hydrogen-bond donors (Lipinski definition) is 0. The number of pyridine rings is 2. The maximum absolute atomic E-state index is 13.5. The first-order valence-corrected chi connectivity index (χ1v) is 21.1. The van der Waals surface area contributed by atoms with E-state index >= 15 is 0 Å². The van der Waals surface area contributed by atoms with Crippen molar-refractivity contribution in [2.45, 2.75) is 100 Å². The molecule has 0 fully saturated rings. The molecule has 6 atom stereocenters. The zero-order chi connectivity index (χ0) is 49.3. The Labute approximate surface area is 381 Å². The second-order valence-corrected chi connectivity index (χ2v) is 16.5. The van der Waals surface area contributed by atoms with Crippen LogP contribution >= 0.6 is 0 Å². The second kappa shape index (κ2) is 19.6. The summed E-state index contributed by atoms with van der Waals surface area (Å²) in [4.78, 5) is 8.90. The number of ether oxygens (including phenoxy) is 2. The van der Waals surface area contributed by atoms with Crippen molar-refractivity contribution >= 4 is 0 Å². The third-order valence-corrected chi connectivity index (χ3v) is 12.0. The minimum absolute atomic E-state index is 0.0955. The number of alkyl halides is 12. The SMILES string of the molecule is C[C@@H](O[C@@H]1CCc2cccnc2C1c1ccc(F)cc1)c1cc(C(F)(F)F)cc(C(F)(F)F)c1.C[C@H](O[C@H]1CCc2cccnc2[C@@H]1c1ccc(F)cc1)c1cc(C(F)(F)F)cc(C(F)(F)F)c1. The van der Waals surface area contributed by atoms with Crippen molar-refractivity contribution in [3.8, 4) is 0 Å². The first kappa shape index (κ1) is 50.0. The maximum atomic E-state index is 13.5. The summed E-state index contributed by atoms with van der Waals surface area (Å²) in [5.41, 5.74) is -1.33. The molecule has 4 nitrogen and oxygen atoms in total. The third kappa shape index (κ3) is 11.7. The average molecular weight is 967 g/mol. The predicted octanol–water partition coefficient (Wildman–Crippen LogP) is 15.0. The van der Waals surface area contributed by atoms with Crippen LogP contribution < -0.4 is 0 Å². The van der Waals surface area contributed by atoms with Crippen molar-refractivity contribution < 1.29 is 70.9 Å². The lowest BCUT2D eigenvalue weighted by molar-refractivity contribution is -0.145. The highest BCUT2D eigenvalue weighted by atomic mass is 19.4. The number of rotatable bonds is 8. The first-order valence-electron chi connectivity index (χ1n) is 21.1. The van der Waals surface area contributed by atoms with E-state index in [1.54, 1.807) is 48.8 Å². The molecule has 0 radical (unpaired) electrons. The van der Waals surface area contributed by atoms with E-state index in [1.165, 1.54) is 38.1 Å². The lowest BCUT2D eigenvalue weighted by Gasteiger charge is -2.35. The number of aryl methyl sites for hydroxylation is 2. The molecule has 2 aliphatic rings. The molecule has 6 aromatic rings. The van der Waals surface area contributed by atoms with E-state index in [9.17, 15) is 61.5 Å². The summed E-state index contributed by atoms with van der Waals surface area (Å²) in [5.74, 6) is -1.78. The predicted molar refractivity (Wildman–Crippen MR) is 221 cm³/mol. The molecule has 2 aromatic heterocycles. The van der Waals surface area contributed by atoms with E-state index in [0.29, 0.717) is 72.5 Å². The first-order chi connectivity index (χ1) is 31.9. The van der Waals surface area contributed by atoms with E-state index in [-0.39, 0.29) is 23.3 Å². The number of benzene rings is 4. The Morgan fingerprint density at radius 2 is 0.765 bits per heavy atom. The van der Waals surface area contributed by atoms with E-state index in [0.717, 1.165) is 11.1 Å². The average Bonchev–Trinajstić information content (AvgIpc) is 3.28. The van der Waals surface area contributed by atoms with Gasteiger partial charge in [0.1, 0.15) is 11.6 Å². The van der Waals surface area contributed by atoms with Crippen LogP contribution in [0, 0.1) is 11.6 Å². The Morgan fingerprint density at radius 3 is 1.06 bits per heavy atom. The highest BCUT2D eigenvalue weighted by molar-refractivity contribution is 5.40. The lowest BCUT2D eigenvalue weighted by Crippen LogP contribution is -2.31. The summed E-state index contributed by atoms with van der Waals surface area (Å²) < 4.78 is 199. The van der Waals surface area contributed by atoms with Crippen molar-refractivity contribution in [1.82, 2.24) is 9.97 Å². The molecule has 0 bridgehead atoms. The van der Waals surface area contributed by atoms with Gasteiger partial charge >= 0.3 is 24.7 Å². The Bertz CT molecular complexity index is 2430. The topological polar surface area (TPSA) is 44.2 Å². The molecule has 0 saturated carbocycles. The molecule has 0 aliphatic heterocycles. The highest BCUT2D eigenvalue weighted by Gasteiger charge is 2.41. The number of fused-ring (bicyclic) bond motifs is 2. The molecule has 4 aromatic carbocycles. The number of aromatic nitrogens is 2. The minimum atomic E-state index is -4.94. The Morgan fingerprint density at radius 1 is 0.456 bits per heavy atom. The van der Waals surface area contributed by atoms with Gasteiger partial charge in [0, 0.05) is 12.4 Å². The lowest BCUT2D eigenvalue weighted by atomic mass is 9.79. The van der Waals surface area contributed by atoms with Crippen molar-refractivity contribution in [3.63, 3.8) is 0 Å². The monoisotopic (exact) mass is 966 g/mol. The molecular formula is C50H40F14N2O2. The van der Waals surface area contributed by atoms with Crippen LogP contribution in [0.3, 0.4) is 0 Å². The highest BCUT2D eigenvalue weighted by Crippen LogP contribution is 2.44. The second-order valence-electron chi connectivity index (χ2n) is 16.5. The van der Waals surface area contributed by atoms with Crippen molar-refractivity contribution in [3.05, 3.63) is 200 Å². The van der Waals surface area contributed by atoms with Gasteiger partial charge < -0.3 is 9.47 Å². The Balaban J connectivity index is 0.000000201. The number of hydrogen-bond acceptors (Lipinski definition) is 4. The van der Waals surface area contributed by atoms with Crippen LogP contribution in [-0.4, -0.2) is 22.2 Å². The number of nitrogens with zero attached hydrogens (tertiary/aromatic N) is 2. The van der Waals surface area contributed by atoms with Gasteiger partial charge in [-0.15, -0.1) is 0 Å². The van der Waals surface area contributed by atoms with Gasteiger partial charge in [-0.3, -0.25) is 9.97 Å². The summed E-state index contributed by atoms with van der Waals surface area (Å²) in [6, 6.07) is 21.8. The van der Waals surface area contributed by atoms with Crippen LogP contribution in [0.5, 0.6) is 0 Å². The summed E-state index contributed by atoms with van der Waals surface area (Å²) >= 11 is 0. The van der Waals surface area contributed by atoms with Crippen LogP contribution in [0.15, 0.2) is 122 Å². The molecule has 0 saturated heterocycles. The van der Waals surface area contributed by atoms with Crippen LogP contribution in [0.1, 0.15) is 118 Å². The van der Waals surface area contributed by atoms with E-state index < -0.39 is 94.8 Å². The van der Waals surface area contributed by atoms with Gasteiger partial charge in [-0.2, -0.15) is 52.7 Å². The van der Waals surface area contributed by atoms with Gasteiger partial charge in [0.2, 0.25) is 0 Å². The maximum Gasteiger partial charge on any atom is 0.416 e. The van der Waals surface area contributed by atoms with Crippen LogP contribution in [0.4, 0.5) is 61.5 Å². The van der Waals surface area contributed by atoms with Crippen molar-refractivity contribution in [2.75, 3.05) is 0 Å². The van der Waals surface area contributed by atoms with E-state index in [4.69, 9.17) is 9.47 Å². The smallest absolute Gasteiger partial charge is 0.370 e. The molecule has 18 heteroatoms. The van der Waals surface area contributed by atoms with Crippen molar-refractivity contribution in [1.29, 1.82) is 0 Å². The van der Waals surface area contributed by atoms with Gasteiger partial charge in [-0.05, 0) is 146 Å². The molecule has 0 spiro atoms. The van der Waals surface area contributed by atoms with Crippen LogP contribution in [0.2, 0.25) is 0 Å². The quantitative estimate of drug-likeness (QED) is 0.143. The van der Waals surface area contributed by atoms with Crippen LogP contribution in [0.25, 0.3) is 0 Å². The molecule has 1 unspecified atom stereocenters. The minimum Gasteiger partial charge on any atom is -0.370 e. The fraction of sp³-hybridized carbons (Fsp3) is 0.320. The molecule has 2 heterocycles. The molecule has 0 amide bonds. The largest absolute Gasteiger partial charge is 0.416 e. The van der Waals surface area contributed by atoms with Gasteiger partial charge in [-0.25, -0.2) is 8.78 Å². The van der Waals surface area contributed by atoms with E-state index in [1.807, 2.05) is 12.1 Å². The molecule has 360 valence electrons. The van der Waals surface area contributed by atoms with Gasteiger partial charge in [0.25, 0.3) is 0 Å². The Hall–Kier alpha value is -5.88. The third-order valence-electron chi connectivity index (χ3n) is 12.0. The summed E-state index contributed by atoms with van der Waals surface area (Å²) in [6.07, 6.45) is -17.8. The summed E-state index contributed by atoms with van der Waals surface area (Å²) in [5, 5.41) is 0. The van der Waals surface area contributed by atoms with Crippen LogP contribution in [-0.2, 0) is 47.0 Å². The standard InChI is InChI=1S/2C25H20F7NO/c2*1-14(17-11-18(24(27,28)29)13-19(12-17)25(30,31)32)34-21-9-6-16-3-2-10-33-23(16)22(21)15-4-7-20(26)8-5-15/h2*2-5,7-8,10-14,21-22H,6,9H2,1H3/t14-,21-,22?;14-,21-,22+/m10/s1. The molecular weight excluding hydrogens is 927 g/mol. The normalized spacial score (nSPS) is 19.5. The fourth-order valence-corrected chi connectivity index (χ4v) is 8.65. The fourth-order valence-electron chi connectivity index (χ4n) is 8.65. The van der Waals surface area contributed by atoms with Gasteiger partial charge in [-0.1, -0.05) is 36.4 Å². The molecule has 68 heavy (non-hydrogen) atoms. The molecule has 0 N–H and O–H groups in total. The zero-order valence-corrected chi connectivity index (χ0v) is 35.8. The summed E-state index contributed by atoms with van der Waals surface area (Å²) in [7, 11) is 0.